The number of carbonyl (C=O) groups is 1. The Bertz CT molecular complexity index is 1100. The summed E-state index contributed by atoms with van der Waals surface area (Å²) >= 11 is 0. The first-order chi connectivity index (χ1) is 15.9. The second-order valence-electron chi connectivity index (χ2n) is 8.20. The van der Waals surface area contributed by atoms with Gasteiger partial charge in [0, 0.05) is 50.4 Å². The predicted octanol–water partition coefficient (Wildman–Crippen LogP) is 2.60. The molecule has 3 aromatic rings. The molecule has 4 rings (SSSR count). The minimum absolute atomic E-state index is 0.0233. The molecule has 3 heterocycles. The Morgan fingerprint density at radius 3 is 2.61 bits per heavy atom. The summed E-state index contributed by atoms with van der Waals surface area (Å²) in [5.74, 6) is 1.24. The summed E-state index contributed by atoms with van der Waals surface area (Å²) in [6.07, 6.45) is 6.26. The minimum Gasteiger partial charge on any atom is -0.483 e. The van der Waals surface area contributed by atoms with E-state index in [2.05, 4.69) is 15.0 Å². The van der Waals surface area contributed by atoms with Crippen molar-refractivity contribution >= 4 is 11.9 Å². The smallest absolute Gasteiger partial charge is 0.260 e. The van der Waals surface area contributed by atoms with E-state index in [0.29, 0.717) is 31.3 Å². The summed E-state index contributed by atoms with van der Waals surface area (Å²) in [7, 11) is 3.76. The van der Waals surface area contributed by atoms with E-state index in [0.717, 1.165) is 28.0 Å². The fourth-order valence-electron chi connectivity index (χ4n) is 3.80. The standard InChI is InChI=1S/C24H28N6O3/c1-16-6-5-7-17(2)23(16)33-14-21(31)30-8-9-32-20(13-30)22-19(18-10-25-15-26-11-18)12-27-24(28-22)29(3)4/h5-7,10-12,15,20H,8-9,13-14H2,1-4H3/t20-/m0/s1. The van der Waals surface area contributed by atoms with Crippen LogP contribution in [0.15, 0.2) is 43.1 Å². The maximum absolute atomic E-state index is 13.0. The van der Waals surface area contributed by atoms with Crippen molar-refractivity contribution in [2.24, 2.45) is 0 Å². The molecule has 172 valence electrons. The molecule has 1 amide bonds. The van der Waals surface area contributed by atoms with Gasteiger partial charge in [0.15, 0.2) is 6.61 Å². The quantitative estimate of drug-likeness (QED) is 0.568. The third-order valence-corrected chi connectivity index (χ3v) is 5.55. The molecule has 9 nitrogen and oxygen atoms in total. The molecule has 0 aliphatic carbocycles. The maximum Gasteiger partial charge on any atom is 0.260 e. The molecule has 0 spiro atoms. The van der Waals surface area contributed by atoms with Gasteiger partial charge in [-0.3, -0.25) is 4.79 Å². The number of amides is 1. The summed E-state index contributed by atoms with van der Waals surface area (Å²) in [4.78, 5) is 34.0. The van der Waals surface area contributed by atoms with Gasteiger partial charge in [-0.05, 0) is 25.0 Å². The lowest BCUT2D eigenvalue weighted by molar-refractivity contribution is -0.141. The van der Waals surface area contributed by atoms with Crippen LogP contribution in [0.2, 0.25) is 0 Å². The van der Waals surface area contributed by atoms with Gasteiger partial charge in [0.1, 0.15) is 18.2 Å². The van der Waals surface area contributed by atoms with Crippen LogP contribution in [-0.4, -0.2) is 71.1 Å². The Labute approximate surface area is 193 Å². The average Bonchev–Trinajstić information content (AvgIpc) is 2.84. The maximum atomic E-state index is 13.0. The molecule has 1 aliphatic heterocycles. The van der Waals surface area contributed by atoms with E-state index in [4.69, 9.17) is 14.5 Å². The number of morpholine rings is 1. The van der Waals surface area contributed by atoms with Crippen molar-refractivity contribution < 1.29 is 14.3 Å². The van der Waals surface area contributed by atoms with Crippen LogP contribution in [0.4, 0.5) is 5.95 Å². The number of aromatic nitrogens is 4. The summed E-state index contributed by atoms with van der Waals surface area (Å²) in [6.45, 7) is 5.21. The summed E-state index contributed by atoms with van der Waals surface area (Å²) in [5, 5.41) is 0. The summed E-state index contributed by atoms with van der Waals surface area (Å²) in [6, 6.07) is 5.93. The first-order valence-electron chi connectivity index (χ1n) is 10.8. The number of rotatable bonds is 6. The molecule has 0 N–H and O–H groups in total. The fraction of sp³-hybridized carbons (Fsp3) is 0.375. The van der Waals surface area contributed by atoms with Gasteiger partial charge in [0.05, 0.1) is 18.8 Å². The SMILES string of the molecule is Cc1cccc(C)c1OCC(=O)N1CCO[C@H](c2nc(N(C)C)ncc2-c2cncnc2)C1. The number of hydrogen-bond donors (Lipinski definition) is 0. The molecule has 2 aromatic heterocycles. The third kappa shape index (κ3) is 5.09. The van der Waals surface area contributed by atoms with Crippen LogP contribution in [0, 0.1) is 13.8 Å². The number of anilines is 1. The zero-order valence-electron chi connectivity index (χ0n) is 19.4. The molecule has 0 bridgehead atoms. The second-order valence-corrected chi connectivity index (χ2v) is 8.20. The van der Waals surface area contributed by atoms with E-state index in [1.165, 1.54) is 6.33 Å². The fourth-order valence-corrected chi connectivity index (χ4v) is 3.80. The number of para-hydroxylation sites is 1. The van der Waals surface area contributed by atoms with Crippen molar-refractivity contribution in [3.05, 3.63) is 59.9 Å². The third-order valence-electron chi connectivity index (χ3n) is 5.55. The second kappa shape index (κ2) is 9.91. The topological polar surface area (TPSA) is 93.6 Å². The molecular weight excluding hydrogens is 420 g/mol. The number of ether oxygens (including phenoxy) is 2. The normalized spacial score (nSPS) is 15.9. The van der Waals surface area contributed by atoms with Crippen molar-refractivity contribution in [2.75, 3.05) is 45.3 Å². The Balaban J connectivity index is 1.54. The van der Waals surface area contributed by atoms with Gasteiger partial charge in [-0.2, -0.15) is 0 Å². The first kappa shape index (κ1) is 22.6. The highest BCUT2D eigenvalue weighted by Gasteiger charge is 2.29. The highest BCUT2D eigenvalue weighted by atomic mass is 16.5. The minimum atomic E-state index is -0.403. The monoisotopic (exact) mass is 448 g/mol. The largest absolute Gasteiger partial charge is 0.483 e. The molecule has 1 fully saturated rings. The van der Waals surface area contributed by atoms with Crippen molar-refractivity contribution in [3.63, 3.8) is 0 Å². The Morgan fingerprint density at radius 1 is 1.18 bits per heavy atom. The lowest BCUT2D eigenvalue weighted by Crippen LogP contribution is -2.44. The number of nitrogens with zero attached hydrogens (tertiary/aromatic N) is 6. The van der Waals surface area contributed by atoms with E-state index >= 15 is 0 Å². The molecule has 0 saturated carbocycles. The van der Waals surface area contributed by atoms with Crippen LogP contribution in [0.25, 0.3) is 11.1 Å². The predicted molar refractivity (Wildman–Crippen MR) is 124 cm³/mol. The van der Waals surface area contributed by atoms with Gasteiger partial charge in [0.25, 0.3) is 5.91 Å². The molecule has 1 atom stereocenters. The van der Waals surface area contributed by atoms with Crippen LogP contribution < -0.4 is 9.64 Å². The summed E-state index contributed by atoms with van der Waals surface area (Å²) < 4.78 is 11.9. The van der Waals surface area contributed by atoms with Crippen LogP contribution in [-0.2, 0) is 9.53 Å². The molecular formula is C24H28N6O3. The van der Waals surface area contributed by atoms with Crippen LogP contribution in [0.1, 0.15) is 22.9 Å². The number of hydrogen-bond acceptors (Lipinski definition) is 8. The van der Waals surface area contributed by atoms with Gasteiger partial charge >= 0.3 is 0 Å². The Morgan fingerprint density at radius 2 is 1.91 bits per heavy atom. The molecule has 33 heavy (non-hydrogen) atoms. The van der Waals surface area contributed by atoms with Gasteiger partial charge in [-0.15, -0.1) is 0 Å². The van der Waals surface area contributed by atoms with E-state index in [-0.39, 0.29) is 12.5 Å². The van der Waals surface area contributed by atoms with E-state index < -0.39 is 6.10 Å². The highest BCUT2D eigenvalue weighted by molar-refractivity contribution is 5.78. The van der Waals surface area contributed by atoms with E-state index in [9.17, 15) is 4.79 Å². The van der Waals surface area contributed by atoms with Crippen LogP contribution in [0.5, 0.6) is 5.75 Å². The van der Waals surface area contributed by atoms with E-state index in [1.54, 1.807) is 23.5 Å². The first-order valence-corrected chi connectivity index (χ1v) is 10.8. The van der Waals surface area contributed by atoms with Crippen molar-refractivity contribution in [1.29, 1.82) is 0 Å². The zero-order valence-corrected chi connectivity index (χ0v) is 19.4. The zero-order chi connectivity index (χ0) is 23.4. The Kier molecular flexibility index (Phi) is 6.79. The number of carbonyl (C=O) groups excluding carboxylic acids is 1. The summed E-state index contributed by atoms with van der Waals surface area (Å²) in [5.41, 5.74) is 4.30. The van der Waals surface area contributed by atoms with E-state index in [1.807, 2.05) is 51.0 Å². The molecule has 0 radical (unpaired) electrons. The van der Waals surface area contributed by atoms with Crippen molar-refractivity contribution in [2.45, 2.75) is 20.0 Å². The highest BCUT2D eigenvalue weighted by Crippen LogP contribution is 2.31. The molecule has 0 unspecified atom stereocenters. The number of aryl methyl sites for hydroxylation is 2. The van der Waals surface area contributed by atoms with Gasteiger partial charge < -0.3 is 19.3 Å². The van der Waals surface area contributed by atoms with Crippen molar-refractivity contribution in [1.82, 2.24) is 24.8 Å². The lowest BCUT2D eigenvalue weighted by Gasteiger charge is -2.33. The molecule has 1 aliphatic rings. The number of benzene rings is 1. The van der Waals surface area contributed by atoms with Crippen LogP contribution in [0.3, 0.4) is 0 Å². The van der Waals surface area contributed by atoms with Gasteiger partial charge in [0.2, 0.25) is 5.95 Å². The van der Waals surface area contributed by atoms with Crippen LogP contribution >= 0.6 is 0 Å². The average molecular weight is 449 g/mol. The van der Waals surface area contributed by atoms with Gasteiger partial charge in [-0.1, -0.05) is 18.2 Å². The molecule has 9 heteroatoms. The Hall–Kier alpha value is -3.59. The molecule has 1 aromatic carbocycles. The molecule has 1 saturated heterocycles. The van der Waals surface area contributed by atoms with Gasteiger partial charge in [-0.25, -0.2) is 19.9 Å². The van der Waals surface area contributed by atoms with Crippen molar-refractivity contribution in [3.8, 4) is 16.9 Å². The lowest BCUT2D eigenvalue weighted by atomic mass is 10.0.